The van der Waals surface area contributed by atoms with Crippen molar-refractivity contribution in [1.82, 2.24) is 4.98 Å². The molecule has 0 aromatic carbocycles. The first-order valence-electron chi connectivity index (χ1n) is 3.87. The average Bonchev–Trinajstić information content (AvgIpc) is 2.44. The molecule has 0 saturated heterocycles. The Kier molecular flexibility index (Phi) is 2.42. The van der Waals surface area contributed by atoms with Crippen molar-refractivity contribution in [3.05, 3.63) is 23.1 Å². The van der Waals surface area contributed by atoms with Gasteiger partial charge in [-0.25, -0.2) is 4.98 Å². The Balaban J connectivity index is 2.48. The molecule has 2 rings (SSSR count). The lowest BCUT2D eigenvalue weighted by Crippen LogP contribution is -1.82. The Morgan fingerprint density at radius 2 is 2.31 bits per heavy atom. The third kappa shape index (κ3) is 1.78. The Hall–Kier alpha value is -0.740. The molecule has 4 heteroatoms. The number of hydrogen-bond donors (Lipinski definition) is 0. The summed E-state index contributed by atoms with van der Waals surface area (Å²) in [6, 6.07) is 6.02. The van der Waals surface area contributed by atoms with Gasteiger partial charge in [-0.05, 0) is 19.1 Å². The van der Waals surface area contributed by atoms with Gasteiger partial charge in [0.05, 0.1) is 22.3 Å². The predicted octanol–water partition coefficient (Wildman–Crippen LogP) is 3.26. The van der Waals surface area contributed by atoms with Gasteiger partial charge in [0.25, 0.3) is 0 Å². The zero-order chi connectivity index (χ0) is 9.26. The van der Waals surface area contributed by atoms with Crippen LogP contribution in [0, 0.1) is 6.92 Å². The molecule has 0 spiro atoms. The summed E-state index contributed by atoms with van der Waals surface area (Å²) in [4.78, 5) is 5.63. The summed E-state index contributed by atoms with van der Waals surface area (Å²) in [6.07, 6.45) is 1.88. The van der Waals surface area contributed by atoms with E-state index >= 15 is 0 Å². The molecule has 0 aliphatic carbocycles. The molecule has 0 atom stereocenters. The van der Waals surface area contributed by atoms with E-state index in [2.05, 4.69) is 18.0 Å². The zero-order valence-corrected chi connectivity index (χ0v) is 9.04. The summed E-state index contributed by atoms with van der Waals surface area (Å²) in [7, 11) is 0. The topological polar surface area (TPSA) is 22.1 Å². The van der Waals surface area contributed by atoms with E-state index in [0.29, 0.717) is 5.88 Å². The minimum absolute atomic E-state index is 0.679. The fourth-order valence-corrected chi connectivity index (χ4v) is 2.29. The van der Waals surface area contributed by atoms with Crippen LogP contribution in [0.1, 0.15) is 4.88 Å². The molecule has 2 heterocycles. The molecular weight excluding hydrogens is 202 g/mol. The molecule has 0 unspecified atom stereocenters. The van der Waals surface area contributed by atoms with Crippen LogP contribution in [0.3, 0.4) is 0 Å². The zero-order valence-electron chi connectivity index (χ0n) is 7.40. The maximum Gasteiger partial charge on any atom is 0.228 e. The highest BCUT2D eigenvalue weighted by atomic mass is 32.2. The third-order valence-corrected chi connectivity index (χ3v) is 2.98. The molecular formula is C9H9NOS2. The highest BCUT2D eigenvalue weighted by Gasteiger charge is 2.01. The largest absolute Gasteiger partial charge is 0.406 e. The van der Waals surface area contributed by atoms with Gasteiger partial charge in [0, 0.05) is 17.2 Å². The van der Waals surface area contributed by atoms with E-state index in [1.165, 1.54) is 21.6 Å². The lowest BCUT2D eigenvalue weighted by atomic mass is 10.4. The van der Waals surface area contributed by atoms with Gasteiger partial charge in [0.2, 0.25) is 5.88 Å². The number of pyridine rings is 1. The quantitative estimate of drug-likeness (QED) is 0.712. The maximum absolute atomic E-state index is 5.23. The van der Waals surface area contributed by atoms with Crippen LogP contribution in [-0.4, -0.2) is 11.2 Å². The minimum atomic E-state index is 0.679. The first-order valence-corrected chi connectivity index (χ1v) is 5.84. The van der Waals surface area contributed by atoms with Crippen LogP contribution in [0.15, 0.2) is 18.2 Å². The monoisotopic (exact) mass is 211 g/mol. The van der Waals surface area contributed by atoms with Crippen molar-refractivity contribution < 1.29 is 4.18 Å². The lowest BCUT2D eigenvalue weighted by molar-refractivity contribution is 0.624. The summed E-state index contributed by atoms with van der Waals surface area (Å²) in [6.45, 7) is 2.08. The molecule has 0 radical (unpaired) electrons. The fourth-order valence-electron chi connectivity index (χ4n) is 1.16. The Bertz CT molecular complexity index is 424. The van der Waals surface area contributed by atoms with Crippen molar-refractivity contribution >= 4 is 33.6 Å². The second-order valence-corrected chi connectivity index (χ2v) is 4.43. The molecule has 0 N–H and O–H groups in total. The second kappa shape index (κ2) is 3.55. The molecule has 13 heavy (non-hydrogen) atoms. The minimum Gasteiger partial charge on any atom is -0.406 e. The van der Waals surface area contributed by atoms with Gasteiger partial charge in [-0.2, -0.15) is 0 Å². The van der Waals surface area contributed by atoms with Crippen molar-refractivity contribution in [2.24, 2.45) is 0 Å². The third-order valence-electron chi connectivity index (χ3n) is 1.64. The van der Waals surface area contributed by atoms with Crippen LogP contribution < -0.4 is 4.18 Å². The van der Waals surface area contributed by atoms with E-state index in [1.54, 1.807) is 11.3 Å². The van der Waals surface area contributed by atoms with Gasteiger partial charge >= 0.3 is 0 Å². The van der Waals surface area contributed by atoms with Crippen LogP contribution >= 0.6 is 23.4 Å². The van der Waals surface area contributed by atoms with E-state index in [1.807, 2.05) is 18.4 Å². The highest BCUT2D eigenvalue weighted by molar-refractivity contribution is 7.94. The lowest BCUT2D eigenvalue weighted by Gasteiger charge is -1.97. The number of aromatic nitrogens is 1. The van der Waals surface area contributed by atoms with E-state index in [-0.39, 0.29) is 0 Å². The molecule has 0 aliphatic rings. The molecule has 2 nitrogen and oxygen atoms in total. The highest BCUT2D eigenvalue weighted by Crippen LogP contribution is 2.26. The van der Waals surface area contributed by atoms with Gasteiger partial charge in [0.15, 0.2) is 0 Å². The molecule has 68 valence electrons. The van der Waals surface area contributed by atoms with Crippen molar-refractivity contribution in [2.45, 2.75) is 6.92 Å². The van der Waals surface area contributed by atoms with E-state index < -0.39 is 0 Å². The number of rotatable bonds is 2. The SMILES string of the molecule is CSOc1ccc2sc(C)cc2n1. The maximum atomic E-state index is 5.23. The summed E-state index contributed by atoms with van der Waals surface area (Å²) in [5.41, 5.74) is 1.02. The second-order valence-electron chi connectivity index (χ2n) is 2.64. The van der Waals surface area contributed by atoms with E-state index in [9.17, 15) is 0 Å². The Morgan fingerprint density at radius 3 is 3.08 bits per heavy atom. The van der Waals surface area contributed by atoms with Gasteiger partial charge in [-0.15, -0.1) is 11.3 Å². The van der Waals surface area contributed by atoms with Gasteiger partial charge < -0.3 is 4.18 Å². The standard InChI is InChI=1S/C9H9NOS2/c1-6-5-7-8(13-6)3-4-9(10-7)11-12-2/h3-5H,1-2H3. The number of hydrogen-bond acceptors (Lipinski definition) is 4. The van der Waals surface area contributed by atoms with Crippen molar-refractivity contribution in [1.29, 1.82) is 0 Å². The summed E-state index contributed by atoms with van der Waals surface area (Å²) < 4.78 is 6.45. The Labute approximate surface area is 85.1 Å². The van der Waals surface area contributed by atoms with Crippen LogP contribution in [-0.2, 0) is 0 Å². The van der Waals surface area contributed by atoms with Crippen LogP contribution in [0.25, 0.3) is 10.2 Å². The van der Waals surface area contributed by atoms with Crippen LogP contribution in [0.5, 0.6) is 5.88 Å². The van der Waals surface area contributed by atoms with Crippen molar-refractivity contribution in [2.75, 3.05) is 6.26 Å². The van der Waals surface area contributed by atoms with Gasteiger partial charge in [0.1, 0.15) is 0 Å². The normalized spacial score (nSPS) is 10.6. The summed E-state index contributed by atoms with van der Waals surface area (Å²) in [5, 5.41) is 0. The molecule has 2 aromatic heterocycles. The molecule has 0 saturated carbocycles. The average molecular weight is 211 g/mol. The summed E-state index contributed by atoms with van der Waals surface area (Å²) in [5.74, 6) is 0.679. The van der Waals surface area contributed by atoms with Gasteiger partial charge in [-0.3, -0.25) is 0 Å². The molecule has 0 fully saturated rings. The fraction of sp³-hybridized carbons (Fsp3) is 0.222. The molecule has 2 aromatic rings. The van der Waals surface area contributed by atoms with Gasteiger partial charge in [-0.1, -0.05) is 0 Å². The number of thiophene rings is 1. The first-order chi connectivity index (χ1) is 6.29. The number of aryl methyl sites for hydroxylation is 1. The van der Waals surface area contributed by atoms with Crippen LogP contribution in [0.2, 0.25) is 0 Å². The first kappa shape index (κ1) is 8.84. The molecule has 0 aliphatic heterocycles. The smallest absolute Gasteiger partial charge is 0.228 e. The predicted molar refractivity (Wildman–Crippen MR) is 58.5 cm³/mol. The number of nitrogens with zero attached hydrogens (tertiary/aromatic N) is 1. The molecule has 0 amide bonds. The number of fused-ring (bicyclic) bond motifs is 1. The van der Waals surface area contributed by atoms with E-state index in [0.717, 1.165) is 5.52 Å². The Morgan fingerprint density at radius 1 is 1.46 bits per heavy atom. The van der Waals surface area contributed by atoms with Crippen molar-refractivity contribution in [3.8, 4) is 5.88 Å². The van der Waals surface area contributed by atoms with Crippen molar-refractivity contribution in [3.63, 3.8) is 0 Å². The summed E-state index contributed by atoms with van der Waals surface area (Å²) >= 11 is 3.07. The molecule has 0 bridgehead atoms. The van der Waals surface area contributed by atoms with Crippen LogP contribution in [0.4, 0.5) is 0 Å². The van der Waals surface area contributed by atoms with E-state index in [4.69, 9.17) is 4.18 Å².